The molecule has 2 aliphatic heterocycles. The SMILES string of the molecule is [C-]#[N+]C[C@H]1CN(c2nc(OC[C@@H]3CCCN3C)nc3c(F)c(-c4cccc5c4[C@@H]4C[C@@H]4C5)ccc23)CCN1C(=O)C(=C)F. The van der Waals surface area contributed by atoms with Gasteiger partial charge in [-0.25, -0.2) is 15.4 Å². The van der Waals surface area contributed by atoms with E-state index in [0.717, 1.165) is 37.8 Å². The van der Waals surface area contributed by atoms with E-state index in [-0.39, 0.29) is 37.2 Å². The minimum atomic E-state index is -1.05. The number of fused-ring (bicyclic) bond motifs is 4. The van der Waals surface area contributed by atoms with E-state index in [1.807, 2.05) is 29.2 Å². The third-order valence-corrected chi connectivity index (χ3v) is 9.68. The molecule has 3 aromatic rings. The number of halogens is 2. The first-order valence-corrected chi connectivity index (χ1v) is 15.0. The Morgan fingerprint density at radius 3 is 2.79 bits per heavy atom. The molecule has 2 aromatic carbocycles. The third kappa shape index (κ3) is 4.89. The predicted molar refractivity (Wildman–Crippen MR) is 160 cm³/mol. The number of benzene rings is 2. The lowest BCUT2D eigenvalue weighted by Crippen LogP contribution is -2.56. The van der Waals surface area contributed by atoms with Crippen molar-refractivity contribution >= 4 is 22.6 Å². The minimum absolute atomic E-state index is 0.00427. The maximum absolute atomic E-state index is 16.6. The van der Waals surface area contributed by atoms with Crippen molar-refractivity contribution in [2.45, 2.75) is 43.7 Å². The van der Waals surface area contributed by atoms with Gasteiger partial charge in [0.25, 0.3) is 5.91 Å². The molecule has 0 radical (unpaired) electrons. The number of aromatic nitrogens is 2. The number of nitrogens with zero attached hydrogens (tertiary/aromatic N) is 6. The Labute approximate surface area is 249 Å². The van der Waals surface area contributed by atoms with Crippen molar-refractivity contribution in [1.82, 2.24) is 19.8 Å². The van der Waals surface area contributed by atoms with E-state index in [9.17, 15) is 9.18 Å². The number of hydrogen-bond donors (Lipinski definition) is 0. The van der Waals surface area contributed by atoms with E-state index in [1.54, 1.807) is 0 Å². The van der Waals surface area contributed by atoms with Crippen LogP contribution in [-0.2, 0) is 11.2 Å². The lowest BCUT2D eigenvalue weighted by Gasteiger charge is -2.39. The molecule has 1 amide bonds. The van der Waals surface area contributed by atoms with Crippen LogP contribution in [0.25, 0.3) is 26.9 Å². The van der Waals surface area contributed by atoms with Crippen molar-refractivity contribution < 1.29 is 18.3 Å². The van der Waals surface area contributed by atoms with Gasteiger partial charge in [0.1, 0.15) is 24.0 Å². The van der Waals surface area contributed by atoms with Gasteiger partial charge in [-0.15, -0.1) is 0 Å². The number of likely N-dealkylation sites (N-methyl/N-ethyl adjacent to an activating group) is 1. The molecule has 3 heterocycles. The second-order valence-electron chi connectivity index (χ2n) is 12.3. The molecule has 0 bridgehead atoms. The number of anilines is 1. The van der Waals surface area contributed by atoms with E-state index in [4.69, 9.17) is 16.3 Å². The molecule has 2 saturated heterocycles. The quantitative estimate of drug-likeness (QED) is 0.288. The summed E-state index contributed by atoms with van der Waals surface area (Å²) in [5.41, 5.74) is 4.19. The van der Waals surface area contributed by atoms with E-state index in [1.165, 1.54) is 16.0 Å². The smallest absolute Gasteiger partial charge is 0.319 e. The van der Waals surface area contributed by atoms with Gasteiger partial charge in [-0.05, 0) is 73.9 Å². The van der Waals surface area contributed by atoms with E-state index in [2.05, 4.69) is 34.4 Å². The van der Waals surface area contributed by atoms with Crippen LogP contribution in [0.5, 0.6) is 6.01 Å². The van der Waals surface area contributed by atoms with Crippen molar-refractivity contribution in [2.24, 2.45) is 5.92 Å². The van der Waals surface area contributed by atoms with Crippen LogP contribution >= 0.6 is 0 Å². The largest absolute Gasteiger partial charge is 0.462 e. The Morgan fingerprint density at radius 1 is 1.16 bits per heavy atom. The highest BCUT2D eigenvalue weighted by Crippen LogP contribution is 2.58. The maximum Gasteiger partial charge on any atom is 0.319 e. The summed E-state index contributed by atoms with van der Waals surface area (Å²) in [5, 5.41) is 0.527. The standard InChI is InChI=1S/C33H34F2N6O2/c1-19(34)32(42)41-13-12-40(17-23(41)16-36-2)31-26-10-9-25(24-8-4-6-20-14-21-15-27(21)28(20)24)29(35)30(26)37-33(38-31)43-18-22-7-5-11-39(22)3/h4,6,8-10,21-23,27H,1,5,7,11-18H2,3H3/t21-,22-,23-,27+/m0/s1. The van der Waals surface area contributed by atoms with Crippen LogP contribution < -0.4 is 9.64 Å². The fourth-order valence-electron chi connectivity index (χ4n) is 7.31. The van der Waals surface area contributed by atoms with Gasteiger partial charge in [-0.1, -0.05) is 30.8 Å². The highest BCUT2D eigenvalue weighted by Gasteiger charge is 2.46. The summed E-state index contributed by atoms with van der Waals surface area (Å²) in [6.45, 7) is 12.7. The molecule has 8 nitrogen and oxygen atoms in total. The summed E-state index contributed by atoms with van der Waals surface area (Å²) < 4.78 is 36.6. The Hall–Kier alpha value is -4.10. The molecule has 0 spiro atoms. The number of carbonyl (C=O) groups is 1. The van der Waals surface area contributed by atoms with Crippen molar-refractivity contribution in [2.75, 3.05) is 51.3 Å². The molecule has 3 fully saturated rings. The number of ether oxygens (including phenoxy) is 1. The summed E-state index contributed by atoms with van der Waals surface area (Å²) in [6, 6.07) is 9.58. The Kier molecular flexibility index (Phi) is 7.01. The first-order chi connectivity index (χ1) is 20.8. The molecule has 7 rings (SSSR count). The van der Waals surface area contributed by atoms with Gasteiger partial charge in [0.05, 0.1) is 0 Å². The zero-order chi connectivity index (χ0) is 29.8. The first kappa shape index (κ1) is 27.7. The number of piperazine rings is 1. The monoisotopic (exact) mass is 584 g/mol. The van der Waals surface area contributed by atoms with Crippen molar-refractivity contribution in [1.29, 1.82) is 0 Å². The van der Waals surface area contributed by atoms with Gasteiger partial charge in [-0.2, -0.15) is 9.97 Å². The highest BCUT2D eigenvalue weighted by molar-refractivity contribution is 5.95. The van der Waals surface area contributed by atoms with Crippen LogP contribution in [0.1, 0.15) is 36.3 Å². The molecule has 2 aliphatic carbocycles. The molecular weight excluding hydrogens is 550 g/mol. The molecule has 222 valence electrons. The zero-order valence-electron chi connectivity index (χ0n) is 24.2. The second kappa shape index (κ2) is 10.9. The van der Waals surface area contributed by atoms with Gasteiger partial charge in [0, 0.05) is 36.6 Å². The van der Waals surface area contributed by atoms with Crippen LogP contribution in [0.3, 0.4) is 0 Å². The maximum atomic E-state index is 16.6. The van der Waals surface area contributed by atoms with Crippen molar-refractivity contribution in [3.8, 4) is 17.1 Å². The molecule has 4 aliphatic rings. The number of likely N-dealkylation sites (tertiary alicyclic amines) is 1. The fraction of sp³-hybridized carbons (Fsp3) is 0.455. The van der Waals surface area contributed by atoms with Gasteiger partial charge in [-0.3, -0.25) is 4.79 Å². The summed E-state index contributed by atoms with van der Waals surface area (Å²) in [7, 11) is 2.06. The van der Waals surface area contributed by atoms with Crippen molar-refractivity contribution in [3.63, 3.8) is 0 Å². The lowest BCUT2D eigenvalue weighted by molar-refractivity contribution is -0.131. The number of carbonyl (C=O) groups excluding carboxylic acids is 1. The average Bonchev–Trinajstić information content (AvgIpc) is 3.48. The summed E-state index contributed by atoms with van der Waals surface area (Å²) in [6.07, 6.45) is 4.31. The van der Waals surface area contributed by atoms with Crippen LogP contribution in [-0.4, -0.2) is 84.1 Å². The molecule has 10 heteroatoms. The molecular formula is C33H34F2N6O2. The summed E-state index contributed by atoms with van der Waals surface area (Å²) in [5.74, 6) is -0.625. The number of amides is 1. The fourth-order valence-corrected chi connectivity index (χ4v) is 7.31. The molecule has 0 unspecified atom stereocenters. The van der Waals surface area contributed by atoms with Gasteiger partial charge in [0.15, 0.2) is 11.6 Å². The van der Waals surface area contributed by atoms with Gasteiger partial charge < -0.3 is 24.3 Å². The van der Waals surface area contributed by atoms with Crippen LogP contribution in [0.15, 0.2) is 42.7 Å². The van der Waals surface area contributed by atoms with E-state index < -0.39 is 23.6 Å². The Bertz CT molecular complexity index is 1670. The number of hydrogen-bond acceptors (Lipinski definition) is 6. The predicted octanol–water partition coefficient (Wildman–Crippen LogP) is 4.99. The van der Waals surface area contributed by atoms with Gasteiger partial charge >= 0.3 is 6.01 Å². The van der Waals surface area contributed by atoms with Crippen molar-refractivity contribution in [3.05, 3.63) is 71.1 Å². The van der Waals surface area contributed by atoms with Gasteiger partial charge in [0.2, 0.25) is 6.54 Å². The average molecular weight is 585 g/mol. The molecule has 0 N–H and O–H groups in total. The zero-order valence-corrected chi connectivity index (χ0v) is 24.2. The Balaban J connectivity index is 1.29. The normalized spacial score (nSPS) is 24.5. The Morgan fingerprint density at radius 2 is 2.02 bits per heavy atom. The highest BCUT2D eigenvalue weighted by atomic mass is 19.1. The number of rotatable bonds is 7. The summed E-state index contributed by atoms with van der Waals surface area (Å²) in [4.78, 5) is 30.9. The lowest BCUT2D eigenvalue weighted by atomic mass is 9.93. The van der Waals surface area contributed by atoms with E-state index in [0.29, 0.717) is 41.8 Å². The molecule has 43 heavy (non-hydrogen) atoms. The third-order valence-electron chi connectivity index (χ3n) is 9.68. The van der Waals surface area contributed by atoms with Crippen LogP contribution in [0.2, 0.25) is 0 Å². The molecule has 1 aromatic heterocycles. The van der Waals surface area contributed by atoms with Crippen LogP contribution in [0, 0.1) is 18.3 Å². The topological polar surface area (TPSA) is 66.2 Å². The van der Waals surface area contributed by atoms with Crippen LogP contribution in [0.4, 0.5) is 14.6 Å². The first-order valence-electron chi connectivity index (χ1n) is 15.0. The summed E-state index contributed by atoms with van der Waals surface area (Å²) >= 11 is 0. The molecule has 4 atom stereocenters. The minimum Gasteiger partial charge on any atom is -0.462 e. The molecule has 1 saturated carbocycles. The second-order valence-corrected chi connectivity index (χ2v) is 12.3. The van der Waals surface area contributed by atoms with E-state index >= 15 is 4.39 Å².